The van der Waals surface area contributed by atoms with E-state index in [1.54, 1.807) is 18.3 Å². The van der Waals surface area contributed by atoms with Gasteiger partial charge in [-0.2, -0.15) is 0 Å². The molecule has 0 aliphatic rings. The summed E-state index contributed by atoms with van der Waals surface area (Å²) in [5, 5.41) is 0.465. The van der Waals surface area contributed by atoms with Crippen LogP contribution in [0.5, 0.6) is 5.75 Å². The van der Waals surface area contributed by atoms with E-state index < -0.39 is 0 Å². The van der Waals surface area contributed by atoms with Gasteiger partial charge in [0.1, 0.15) is 17.5 Å². The second-order valence-electron chi connectivity index (χ2n) is 2.80. The minimum absolute atomic E-state index is 0.0793. The maximum Gasteiger partial charge on any atom is 0.137 e. The van der Waals surface area contributed by atoms with Crippen LogP contribution >= 0.6 is 11.6 Å². The summed E-state index contributed by atoms with van der Waals surface area (Å²) in [7, 11) is 0. The van der Waals surface area contributed by atoms with Crippen LogP contribution in [0.2, 0.25) is 5.15 Å². The van der Waals surface area contributed by atoms with Crippen molar-refractivity contribution in [3.8, 4) is 5.75 Å². The molecule has 0 saturated heterocycles. The number of rotatable bonds is 4. The largest absolute Gasteiger partial charge is 0.490 e. The van der Waals surface area contributed by atoms with Gasteiger partial charge in [-0.25, -0.2) is 4.98 Å². The van der Waals surface area contributed by atoms with Gasteiger partial charge in [-0.05, 0) is 18.6 Å². The van der Waals surface area contributed by atoms with Crippen molar-refractivity contribution >= 4 is 11.6 Å². The Morgan fingerprint density at radius 3 is 2.92 bits per heavy atom. The maximum absolute atomic E-state index is 5.68. The van der Waals surface area contributed by atoms with E-state index in [-0.39, 0.29) is 6.04 Å². The summed E-state index contributed by atoms with van der Waals surface area (Å²) in [6.07, 6.45) is 2.49. The third-order valence-corrected chi connectivity index (χ3v) is 1.91. The van der Waals surface area contributed by atoms with Crippen LogP contribution in [-0.2, 0) is 0 Å². The number of nitrogens with zero attached hydrogens (tertiary/aromatic N) is 1. The van der Waals surface area contributed by atoms with E-state index in [0.717, 1.165) is 6.42 Å². The Kier molecular flexibility index (Phi) is 3.99. The lowest BCUT2D eigenvalue weighted by Crippen LogP contribution is -2.26. The summed E-state index contributed by atoms with van der Waals surface area (Å²) in [5.74, 6) is 0.702. The molecular weight excluding hydrogens is 188 g/mol. The Hall–Kier alpha value is -0.800. The summed E-state index contributed by atoms with van der Waals surface area (Å²) in [4.78, 5) is 3.88. The summed E-state index contributed by atoms with van der Waals surface area (Å²) < 4.78 is 5.37. The molecule has 0 aromatic carbocycles. The Labute approximate surface area is 82.9 Å². The van der Waals surface area contributed by atoms with Crippen LogP contribution in [-0.4, -0.2) is 17.6 Å². The average Bonchev–Trinajstić information content (AvgIpc) is 2.16. The van der Waals surface area contributed by atoms with Gasteiger partial charge in [0.25, 0.3) is 0 Å². The monoisotopic (exact) mass is 200 g/mol. The molecule has 1 aromatic heterocycles. The van der Waals surface area contributed by atoms with E-state index in [1.807, 2.05) is 6.92 Å². The van der Waals surface area contributed by atoms with Crippen molar-refractivity contribution in [3.05, 3.63) is 23.5 Å². The topological polar surface area (TPSA) is 48.1 Å². The van der Waals surface area contributed by atoms with E-state index in [2.05, 4.69) is 4.98 Å². The lowest BCUT2D eigenvalue weighted by molar-refractivity contribution is 0.284. The molecule has 1 aromatic rings. The fourth-order valence-corrected chi connectivity index (χ4v) is 0.881. The molecule has 3 nitrogen and oxygen atoms in total. The molecule has 4 heteroatoms. The predicted molar refractivity (Wildman–Crippen MR) is 53.0 cm³/mol. The molecule has 0 radical (unpaired) electrons. The van der Waals surface area contributed by atoms with Gasteiger partial charge in [-0.1, -0.05) is 18.5 Å². The highest BCUT2D eigenvalue weighted by molar-refractivity contribution is 6.29. The van der Waals surface area contributed by atoms with Crippen LogP contribution in [0.1, 0.15) is 13.3 Å². The molecule has 1 heterocycles. The Morgan fingerprint density at radius 2 is 2.38 bits per heavy atom. The number of pyridine rings is 1. The normalized spacial score (nSPS) is 12.5. The molecule has 0 amide bonds. The van der Waals surface area contributed by atoms with E-state index in [0.29, 0.717) is 17.5 Å². The summed E-state index contributed by atoms with van der Waals surface area (Å²) >= 11 is 5.61. The van der Waals surface area contributed by atoms with Crippen molar-refractivity contribution in [1.82, 2.24) is 4.98 Å². The molecule has 0 aliphatic heterocycles. The fourth-order valence-electron chi connectivity index (χ4n) is 0.769. The Morgan fingerprint density at radius 1 is 1.62 bits per heavy atom. The van der Waals surface area contributed by atoms with Crippen molar-refractivity contribution in [2.45, 2.75) is 19.4 Å². The molecule has 0 unspecified atom stereocenters. The zero-order valence-electron chi connectivity index (χ0n) is 7.53. The highest BCUT2D eigenvalue weighted by Gasteiger charge is 2.00. The predicted octanol–water partition coefficient (Wildman–Crippen LogP) is 1.85. The van der Waals surface area contributed by atoms with Crippen LogP contribution in [0.25, 0.3) is 0 Å². The van der Waals surface area contributed by atoms with Gasteiger partial charge in [0.15, 0.2) is 0 Å². The van der Waals surface area contributed by atoms with E-state index in [1.165, 1.54) is 0 Å². The number of nitrogens with two attached hydrogens (primary N) is 1. The number of ether oxygens (including phenoxy) is 1. The SMILES string of the molecule is CC[C@@H](N)COc1ccc(Cl)nc1. The third kappa shape index (κ3) is 3.61. The van der Waals surface area contributed by atoms with Crippen LogP contribution < -0.4 is 10.5 Å². The van der Waals surface area contributed by atoms with Gasteiger partial charge >= 0.3 is 0 Å². The number of hydrogen-bond donors (Lipinski definition) is 1. The van der Waals surface area contributed by atoms with Crippen molar-refractivity contribution in [2.75, 3.05) is 6.61 Å². The molecule has 72 valence electrons. The van der Waals surface area contributed by atoms with E-state index in [9.17, 15) is 0 Å². The van der Waals surface area contributed by atoms with Gasteiger partial charge in [-0.3, -0.25) is 0 Å². The summed E-state index contributed by atoms with van der Waals surface area (Å²) in [6.45, 7) is 2.54. The van der Waals surface area contributed by atoms with Crippen LogP contribution in [0, 0.1) is 0 Å². The molecule has 0 bridgehead atoms. The molecule has 0 fully saturated rings. The van der Waals surface area contributed by atoms with Crippen LogP contribution in [0.15, 0.2) is 18.3 Å². The first kappa shape index (κ1) is 10.3. The molecular formula is C9H13ClN2O. The number of hydrogen-bond acceptors (Lipinski definition) is 3. The lowest BCUT2D eigenvalue weighted by atomic mass is 10.3. The van der Waals surface area contributed by atoms with Crippen molar-refractivity contribution < 1.29 is 4.74 Å². The van der Waals surface area contributed by atoms with E-state index >= 15 is 0 Å². The van der Waals surface area contributed by atoms with Gasteiger partial charge in [0.2, 0.25) is 0 Å². The first-order valence-corrected chi connectivity index (χ1v) is 4.60. The van der Waals surface area contributed by atoms with Gasteiger partial charge < -0.3 is 10.5 Å². The maximum atomic E-state index is 5.68. The zero-order valence-corrected chi connectivity index (χ0v) is 8.29. The smallest absolute Gasteiger partial charge is 0.137 e. The van der Waals surface area contributed by atoms with E-state index in [4.69, 9.17) is 22.1 Å². The van der Waals surface area contributed by atoms with Gasteiger partial charge in [-0.15, -0.1) is 0 Å². The average molecular weight is 201 g/mol. The second-order valence-corrected chi connectivity index (χ2v) is 3.18. The molecule has 0 aliphatic carbocycles. The third-order valence-electron chi connectivity index (χ3n) is 1.69. The highest BCUT2D eigenvalue weighted by atomic mass is 35.5. The number of aromatic nitrogens is 1. The first-order valence-electron chi connectivity index (χ1n) is 4.22. The molecule has 13 heavy (non-hydrogen) atoms. The second kappa shape index (κ2) is 5.04. The molecule has 2 N–H and O–H groups in total. The molecule has 0 spiro atoms. The highest BCUT2D eigenvalue weighted by Crippen LogP contribution is 2.12. The van der Waals surface area contributed by atoms with Crippen LogP contribution in [0.4, 0.5) is 0 Å². The first-order chi connectivity index (χ1) is 6.22. The minimum atomic E-state index is 0.0793. The quantitative estimate of drug-likeness (QED) is 0.755. The zero-order chi connectivity index (χ0) is 9.68. The van der Waals surface area contributed by atoms with Crippen LogP contribution in [0.3, 0.4) is 0 Å². The van der Waals surface area contributed by atoms with Crippen molar-refractivity contribution in [2.24, 2.45) is 5.73 Å². The molecule has 1 atom stereocenters. The Bertz CT molecular complexity index is 250. The Balaban J connectivity index is 2.41. The van der Waals surface area contributed by atoms with Crippen molar-refractivity contribution in [1.29, 1.82) is 0 Å². The van der Waals surface area contributed by atoms with Crippen molar-refractivity contribution in [3.63, 3.8) is 0 Å². The fraction of sp³-hybridized carbons (Fsp3) is 0.444. The standard InChI is InChI=1S/C9H13ClN2O/c1-2-7(11)6-13-8-3-4-9(10)12-5-8/h3-5,7H,2,6,11H2,1H3/t7-/m1/s1. The summed E-state index contributed by atoms with van der Waals surface area (Å²) in [5.41, 5.74) is 5.68. The molecule has 0 saturated carbocycles. The van der Waals surface area contributed by atoms with Gasteiger partial charge in [0, 0.05) is 6.04 Å². The summed E-state index contributed by atoms with van der Waals surface area (Å²) in [6, 6.07) is 3.54. The lowest BCUT2D eigenvalue weighted by Gasteiger charge is -2.10. The minimum Gasteiger partial charge on any atom is -0.490 e. The van der Waals surface area contributed by atoms with Gasteiger partial charge in [0.05, 0.1) is 6.20 Å². The molecule has 1 rings (SSSR count). The number of halogens is 1.